The molecule has 0 aromatic carbocycles. The maximum absolute atomic E-state index is 11.9. The van der Waals surface area contributed by atoms with Crippen molar-refractivity contribution in [1.29, 1.82) is 0 Å². The Morgan fingerprint density at radius 2 is 2.29 bits per heavy atom. The minimum absolute atomic E-state index is 0.181. The molecule has 0 aromatic rings. The molecular weight excluding hydrogens is 178 g/mol. The fourth-order valence-electron chi connectivity index (χ4n) is 2.05. The summed E-state index contributed by atoms with van der Waals surface area (Å²) in [5.74, 6) is 0.537. The molecule has 0 radical (unpaired) electrons. The molecule has 3 nitrogen and oxygen atoms in total. The molecule has 1 rings (SSSR count). The Morgan fingerprint density at radius 3 is 2.93 bits per heavy atom. The highest BCUT2D eigenvalue weighted by atomic mass is 16.3. The van der Waals surface area contributed by atoms with E-state index in [0.717, 1.165) is 32.4 Å². The Morgan fingerprint density at radius 1 is 1.50 bits per heavy atom. The summed E-state index contributed by atoms with van der Waals surface area (Å²) in [5.41, 5.74) is 0. The van der Waals surface area contributed by atoms with Gasteiger partial charge in [-0.15, -0.1) is 0 Å². The van der Waals surface area contributed by atoms with E-state index in [1.54, 1.807) is 0 Å². The molecule has 1 aliphatic heterocycles. The van der Waals surface area contributed by atoms with E-state index in [1.807, 2.05) is 4.90 Å². The van der Waals surface area contributed by atoms with E-state index in [0.29, 0.717) is 12.3 Å². The van der Waals surface area contributed by atoms with Crippen LogP contribution in [0.5, 0.6) is 0 Å². The summed E-state index contributed by atoms with van der Waals surface area (Å²) in [7, 11) is 0. The molecule has 0 spiro atoms. The van der Waals surface area contributed by atoms with Crippen molar-refractivity contribution in [2.45, 2.75) is 39.0 Å². The van der Waals surface area contributed by atoms with Gasteiger partial charge in [-0.3, -0.25) is 4.79 Å². The number of rotatable bonds is 4. The molecule has 0 aliphatic carbocycles. The molecule has 1 unspecified atom stereocenters. The number of carbonyl (C=O) groups is 1. The second-order valence-electron chi connectivity index (χ2n) is 4.00. The van der Waals surface area contributed by atoms with Gasteiger partial charge in [-0.25, -0.2) is 0 Å². The number of carbonyl (C=O) groups excluding carboxylic acids is 1. The predicted octanol–water partition coefficient (Wildman–Crippen LogP) is 1.41. The van der Waals surface area contributed by atoms with Crippen molar-refractivity contribution >= 4 is 5.91 Å². The molecule has 1 fully saturated rings. The molecule has 1 saturated heterocycles. The number of likely N-dealkylation sites (tertiary alicyclic amines) is 1. The van der Waals surface area contributed by atoms with Gasteiger partial charge in [0.2, 0.25) is 5.91 Å². The van der Waals surface area contributed by atoms with Crippen molar-refractivity contribution in [3.8, 4) is 0 Å². The highest BCUT2D eigenvalue weighted by Crippen LogP contribution is 2.20. The highest BCUT2D eigenvalue weighted by molar-refractivity contribution is 5.79. The smallest absolute Gasteiger partial charge is 0.225 e. The van der Waals surface area contributed by atoms with Gasteiger partial charge in [-0.05, 0) is 25.7 Å². The molecule has 0 bridgehead atoms. The van der Waals surface area contributed by atoms with Gasteiger partial charge in [-0.1, -0.05) is 13.3 Å². The van der Waals surface area contributed by atoms with Gasteiger partial charge in [0, 0.05) is 25.6 Å². The van der Waals surface area contributed by atoms with Crippen molar-refractivity contribution in [3.05, 3.63) is 0 Å². The van der Waals surface area contributed by atoms with Crippen molar-refractivity contribution in [2.24, 2.45) is 5.92 Å². The van der Waals surface area contributed by atoms with Crippen LogP contribution in [-0.2, 0) is 4.79 Å². The van der Waals surface area contributed by atoms with E-state index in [9.17, 15) is 4.79 Å². The lowest BCUT2D eigenvalue weighted by atomic mass is 10.00. The van der Waals surface area contributed by atoms with E-state index in [4.69, 9.17) is 5.11 Å². The summed E-state index contributed by atoms with van der Waals surface area (Å²) >= 11 is 0. The summed E-state index contributed by atoms with van der Waals surface area (Å²) < 4.78 is 0. The van der Waals surface area contributed by atoms with Gasteiger partial charge in [0.15, 0.2) is 0 Å². The van der Waals surface area contributed by atoms with Crippen molar-refractivity contribution in [3.63, 3.8) is 0 Å². The normalized spacial score (nSPS) is 23.7. The topological polar surface area (TPSA) is 40.5 Å². The Hall–Kier alpha value is -0.570. The third-order valence-electron chi connectivity index (χ3n) is 2.97. The zero-order valence-electron chi connectivity index (χ0n) is 9.04. The van der Waals surface area contributed by atoms with Crippen LogP contribution in [0.1, 0.15) is 39.0 Å². The SMILES string of the molecule is CCC1CCCCN(CCCO)C1=O. The van der Waals surface area contributed by atoms with Crippen LogP contribution in [0.25, 0.3) is 0 Å². The van der Waals surface area contributed by atoms with Gasteiger partial charge < -0.3 is 10.0 Å². The fourth-order valence-corrected chi connectivity index (χ4v) is 2.05. The van der Waals surface area contributed by atoms with Crippen LogP contribution >= 0.6 is 0 Å². The monoisotopic (exact) mass is 199 g/mol. The summed E-state index contributed by atoms with van der Waals surface area (Å²) in [6.45, 7) is 3.87. The first-order valence-electron chi connectivity index (χ1n) is 5.69. The highest BCUT2D eigenvalue weighted by Gasteiger charge is 2.24. The van der Waals surface area contributed by atoms with Gasteiger partial charge in [0.25, 0.3) is 0 Å². The number of nitrogens with zero attached hydrogens (tertiary/aromatic N) is 1. The van der Waals surface area contributed by atoms with Gasteiger partial charge >= 0.3 is 0 Å². The second-order valence-corrected chi connectivity index (χ2v) is 4.00. The molecule has 14 heavy (non-hydrogen) atoms. The average Bonchev–Trinajstić information content (AvgIpc) is 2.38. The van der Waals surface area contributed by atoms with Crippen LogP contribution < -0.4 is 0 Å². The first kappa shape index (κ1) is 11.5. The minimum Gasteiger partial charge on any atom is -0.396 e. The first-order chi connectivity index (χ1) is 6.79. The predicted molar refractivity (Wildman–Crippen MR) is 55.9 cm³/mol. The summed E-state index contributed by atoms with van der Waals surface area (Å²) in [6.07, 6.45) is 5.00. The van der Waals surface area contributed by atoms with Gasteiger partial charge in [-0.2, -0.15) is 0 Å². The lowest BCUT2D eigenvalue weighted by molar-refractivity contribution is -0.135. The van der Waals surface area contributed by atoms with Crippen LogP contribution in [0.3, 0.4) is 0 Å². The fraction of sp³-hybridized carbons (Fsp3) is 0.909. The Kier molecular flexibility index (Phi) is 4.94. The molecule has 3 heteroatoms. The molecule has 1 N–H and O–H groups in total. The lowest BCUT2D eigenvalue weighted by Gasteiger charge is -2.23. The maximum atomic E-state index is 11.9. The van der Waals surface area contributed by atoms with Crippen LogP contribution in [0.2, 0.25) is 0 Å². The molecule has 1 atom stereocenters. The molecule has 1 amide bonds. The average molecular weight is 199 g/mol. The molecule has 1 heterocycles. The van der Waals surface area contributed by atoms with Crippen LogP contribution in [0.4, 0.5) is 0 Å². The standard InChI is InChI=1S/C11H21NO2/c1-2-10-6-3-4-7-12(11(10)14)8-5-9-13/h10,13H,2-9H2,1H3. The summed E-state index contributed by atoms with van der Waals surface area (Å²) in [4.78, 5) is 13.9. The maximum Gasteiger partial charge on any atom is 0.225 e. The quantitative estimate of drug-likeness (QED) is 0.743. The minimum atomic E-state index is 0.181. The number of amides is 1. The Labute approximate surface area is 86.1 Å². The zero-order valence-corrected chi connectivity index (χ0v) is 9.04. The number of aliphatic hydroxyl groups excluding tert-OH is 1. The Balaban J connectivity index is 2.49. The number of hydrogen-bond acceptors (Lipinski definition) is 2. The van der Waals surface area contributed by atoms with E-state index < -0.39 is 0 Å². The van der Waals surface area contributed by atoms with Crippen molar-refractivity contribution < 1.29 is 9.90 Å². The van der Waals surface area contributed by atoms with Crippen molar-refractivity contribution in [1.82, 2.24) is 4.90 Å². The van der Waals surface area contributed by atoms with Crippen LogP contribution in [0.15, 0.2) is 0 Å². The van der Waals surface area contributed by atoms with Crippen molar-refractivity contribution in [2.75, 3.05) is 19.7 Å². The van der Waals surface area contributed by atoms with Crippen LogP contribution in [-0.4, -0.2) is 35.6 Å². The van der Waals surface area contributed by atoms with E-state index in [1.165, 1.54) is 6.42 Å². The summed E-state index contributed by atoms with van der Waals surface area (Å²) in [6, 6.07) is 0. The largest absolute Gasteiger partial charge is 0.396 e. The molecular formula is C11H21NO2. The molecule has 82 valence electrons. The Bertz CT molecular complexity index is 182. The lowest BCUT2D eigenvalue weighted by Crippen LogP contribution is -2.35. The van der Waals surface area contributed by atoms with E-state index in [-0.39, 0.29) is 12.5 Å². The summed E-state index contributed by atoms with van der Waals surface area (Å²) in [5, 5.41) is 8.74. The van der Waals surface area contributed by atoms with Crippen LogP contribution in [0, 0.1) is 5.92 Å². The van der Waals surface area contributed by atoms with E-state index >= 15 is 0 Å². The van der Waals surface area contributed by atoms with E-state index in [2.05, 4.69) is 6.92 Å². The van der Waals surface area contributed by atoms with Gasteiger partial charge in [0.1, 0.15) is 0 Å². The third-order valence-corrected chi connectivity index (χ3v) is 2.97. The first-order valence-corrected chi connectivity index (χ1v) is 5.69. The number of aliphatic hydroxyl groups is 1. The second kappa shape index (κ2) is 6.02. The molecule has 0 saturated carbocycles. The third kappa shape index (κ3) is 2.98. The van der Waals surface area contributed by atoms with Gasteiger partial charge in [0.05, 0.1) is 0 Å². The molecule has 0 aromatic heterocycles. The number of hydrogen-bond donors (Lipinski definition) is 1. The zero-order chi connectivity index (χ0) is 10.4. The molecule has 1 aliphatic rings.